The van der Waals surface area contributed by atoms with E-state index < -0.39 is 22.2 Å². The second-order valence-corrected chi connectivity index (χ2v) is 10.8. The third-order valence-electron chi connectivity index (χ3n) is 6.72. The van der Waals surface area contributed by atoms with Crippen molar-refractivity contribution >= 4 is 20.9 Å². The van der Waals surface area contributed by atoms with Crippen molar-refractivity contribution in [2.75, 3.05) is 0 Å². The van der Waals surface area contributed by atoms with Crippen molar-refractivity contribution < 1.29 is 21.6 Å². The molecule has 0 aliphatic heterocycles. The van der Waals surface area contributed by atoms with Gasteiger partial charge in [0.15, 0.2) is 0 Å². The summed E-state index contributed by atoms with van der Waals surface area (Å²) in [5.74, 6) is 0.433. The molecule has 3 aromatic rings. The molecule has 0 saturated heterocycles. The average Bonchev–Trinajstić information content (AvgIpc) is 3.55. The number of fused-ring (bicyclic) bond motifs is 1. The lowest BCUT2D eigenvalue weighted by Gasteiger charge is -2.30. The highest BCUT2D eigenvalue weighted by atomic mass is 32.2. The number of nitrogens with one attached hydrogen (secondary N) is 1. The molecule has 2 fully saturated rings. The van der Waals surface area contributed by atoms with E-state index in [9.17, 15) is 26.9 Å². The van der Waals surface area contributed by atoms with E-state index in [0.717, 1.165) is 55.6 Å². The van der Waals surface area contributed by atoms with Crippen molar-refractivity contribution in [3.05, 3.63) is 47.8 Å². The maximum Gasteiger partial charge on any atom is 0.404 e. The molecule has 2 saturated carbocycles. The molecule has 6 nitrogen and oxygen atoms in total. The van der Waals surface area contributed by atoms with Crippen LogP contribution in [0.15, 0.2) is 41.4 Å². The fraction of sp³-hybridized carbons (Fsp3) is 0.417. The zero-order chi connectivity index (χ0) is 24.3. The molecule has 1 aromatic carbocycles. The number of hydrogen-bond donors (Lipinski definition) is 1. The second-order valence-electron chi connectivity index (χ2n) is 9.10. The Morgan fingerprint density at radius 3 is 2.38 bits per heavy atom. The normalized spacial score (nSPS) is 18.0. The third kappa shape index (κ3) is 3.97. The first-order valence-electron chi connectivity index (χ1n) is 11.2. The van der Waals surface area contributed by atoms with Crippen LogP contribution in [0, 0.1) is 11.3 Å². The Kier molecular flexibility index (Phi) is 5.45. The molecule has 10 heteroatoms. The molecule has 5 rings (SSSR count). The van der Waals surface area contributed by atoms with Gasteiger partial charge in [-0.05, 0) is 62.8 Å². The lowest BCUT2D eigenvalue weighted by molar-refractivity contribution is -0.147. The van der Waals surface area contributed by atoms with E-state index in [1.165, 1.54) is 12.1 Å². The first-order valence-corrected chi connectivity index (χ1v) is 12.7. The Hall–Kier alpha value is -2.90. The van der Waals surface area contributed by atoms with Crippen LogP contribution in [0.1, 0.15) is 62.2 Å². The number of benzene rings is 1. The molecule has 1 unspecified atom stereocenters. The smallest absolute Gasteiger partial charge is 0.335 e. The average molecular weight is 489 g/mol. The van der Waals surface area contributed by atoms with Crippen LogP contribution < -0.4 is 4.72 Å². The van der Waals surface area contributed by atoms with E-state index in [1.807, 2.05) is 12.3 Å². The summed E-state index contributed by atoms with van der Waals surface area (Å²) in [5, 5.41) is 10.9. The third-order valence-corrected chi connectivity index (χ3v) is 8.28. The fourth-order valence-electron chi connectivity index (χ4n) is 4.41. The Labute approximate surface area is 195 Å². The van der Waals surface area contributed by atoms with Gasteiger partial charge in [-0.2, -0.15) is 23.2 Å². The van der Waals surface area contributed by atoms with Gasteiger partial charge in [-0.15, -0.1) is 0 Å². The van der Waals surface area contributed by atoms with Gasteiger partial charge in [-0.25, -0.2) is 8.42 Å². The molecule has 2 aromatic heterocycles. The SMILES string of the molecule is CC(NS(=O)(=O)c1ccc(-c2c(C#N)c3cc(C4CC4)ncc3n2C2CCC2)cc1)C(F)(F)F. The minimum atomic E-state index is -4.69. The predicted octanol–water partition coefficient (Wildman–Crippen LogP) is 5.41. The van der Waals surface area contributed by atoms with Crippen LogP contribution in [0.4, 0.5) is 13.2 Å². The summed E-state index contributed by atoms with van der Waals surface area (Å²) < 4.78 is 67.2. The number of nitriles is 1. The van der Waals surface area contributed by atoms with Gasteiger partial charge in [-0.1, -0.05) is 12.1 Å². The zero-order valence-electron chi connectivity index (χ0n) is 18.4. The number of hydrogen-bond acceptors (Lipinski definition) is 4. The Morgan fingerprint density at radius 1 is 1.18 bits per heavy atom. The number of alkyl halides is 3. The maximum absolute atomic E-state index is 12.8. The molecule has 0 radical (unpaired) electrons. The summed E-state index contributed by atoms with van der Waals surface area (Å²) in [6.45, 7) is 0.756. The number of nitrogens with zero attached hydrogens (tertiary/aromatic N) is 3. The lowest BCUT2D eigenvalue weighted by Crippen LogP contribution is -2.42. The van der Waals surface area contributed by atoms with Crippen molar-refractivity contribution in [1.82, 2.24) is 14.3 Å². The minimum Gasteiger partial charge on any atom is -0.335 e. The quantitative estimate of drug-likeness (QED) is 0.503. The first-order chi connectivity index (χ1) is 16.1. The molecule has 2 aliphatic carbocycles. The summed E-state index contributed by atoms with van der Waals surface area (Å²) >= 11 is 0. The summed E-state index contributed by atoms with van der Waals surface area (Å²) in [5.41, 5.74) is 3.68. The molecule has 0 amide bonds. The summed E-state index contributed by atoms with van der Waals surface area (Å²) in [7, 11) is -4.36. The van der Waals surface area contributed by atoms with Crippen LogP contribution >= 0.6 is 0 Å². The molecule has 1 N–H and O–H groups in total. The molecular formula is C24H23F3N4O2S. The monoisotopic (exact) mass is 488 g/mol. The standard InChI is InChI=1S/C24H23F3N4O2S/c1-14(24(25,26)27)30-34(32,33)18-9-7-16(8-10-18)23-20(12-28)19-11-21(15-5-6-15)29-13-22(19)31(23)17-3-2-4-17/h7-11,13-15,17,30H,2-6H2,1H3. The van der Waals surface area contributed by atoms with Gasteiger partial charge >= 0.3 is 6.18 Å². The Morgan fingerprint density at radius 2 is 1.85 bits per heavy atom. The Bertz CT molecular complexity index is 1400. The van der Waals surface area contributed by atoms with Crippen LogP contribution in [-0.4, -0.2) is 30.2 Å². The van der Waals surface area contributed by atoms with Crippen LogP contribution in [0.2, 0.25) is 0 Å². The van der Waals surface area contributed by atoms with E-state index in [4.69, 9.17) is 0 Å². The van der Waals surface area contributed by atoms with E-state index >= 15 is 0 Å². The Balaban J connectivity index is 1.58. The number of sulfonamides is 1. The molecule has 0 spiro atoms. The van der Waals surface area contributed by atoms with Gasteiger partial charge in [-0.3, -0.25) is 4.98 Å². The van der Waals surface area contributed by atoms with Crippen molar-refractivity contribution in [2.45, 2.75) is 68.1 Å². The van der Waals surface area contributed by atoms with Crippen LogP contribution in [0.5, 0.6) is 0 Å². The predicted molar refractivity (Wildman–Crippen MR) is 121 cm³/mol. The van der Waals surface area contributed by atoms with E-state index in [-0.39, 0.29) is 10.9 Å². The van der Waals surface area contributed by atoms with Crippen molar-refractivity contribution in [3.63, 3.8) is 0 Å². The molecular weight excluding hydrogens is 465 g/mol. The van der Waals surface area contributed by atoms with Gasteiger partial charge in [0.05, 0.1) is 27.9 Å². The molecule has 0 bridgehead atoms. The van der Waals surface area contributed by atoms with Crippen molar-refractivity contribution in [2.24, 2.45) is 0 Å². The van der Waals surface area contributed by atoms with Crippen LogP contribution in [-0.2, 0) is 10.0 Å². The van der Waals surface area contributed by atoms with E-state index in [1.54, 1.807) is 16.9 Å². The van der Waals surface area contributed by atoms with Crippen LogP contribution in [0.25, 0.3) is 22.2 Å². The summed E-state index contributed by atoms with van der Waals surface area (Å²) in [4.78, 5) is 4.37. The topological polar surface area (TPSA) is 87.8 Å². The van der Waals surface area contributed by atoms with Gasteiger partial charge in [0.1, 0.15) is 12.1 Å². The number of halogens is 3. The van der Waals surface area contributed by atoms with Crippen LogP contribution in [0.3, 0.4) is 0 Å². The highest BCUT2D eigenvalue weighted by Crippen LogP contribution is 2.45. The number of aromatic nitrogens is 2. The van der Waals surface area contributed by atoms with Crippen molar-refractivity contribution in [3.8, 4) is 17.3 Å². The molecule has 178 valence electrons. The largest absolute Gasteiger partial charge is 0.404 e. The van der Waals surface area contributed by atoms with Gasteiger partial charge < -0.3 is 4.57 Å². The van der Waals surface area contributed by atoms with Gasteiger partial charge in [0.2, 0.25) is 10.0 Å². The summed E-state index contributed by atoms with van der Waals surface area (Å²) in [6.07, 6.45) is 2.34. The molecule has 2 heterocycles. The lowest BCUT2D eigenvalue weighted by atomic mass is 9.92. The molecule has 2 aliphatic rings. The maximum atomic E-state index is 12.8. The number of rotatable bonds is 6. The van der Waals surface area contributed by atoms with Crippen molar-refractivity contribution in [1.29, 1.82) is 5.26 Å². The van der Waals surface area contributed by atoms with Gasteiger partial charge in [0, 0.05) is 23.0 Å². The fourth-order valence-corrected chi connectivity index (χ4v) is 5.64. The van der Waals surface area contributed by atoms with Gasteiger partial charge in [0.25, 0.3) is 0 Å². The molecule has 1 atom stereocenters. The zero-order valence-corrected chi connectivity index (χ0v) is 19.2. The molecule has 34 heavy (non-hydrogen) atoms. The first kappa shape index (κ1) is 22.9. The minimum absolute atomic E-state index is 0.214. The van der Waals surface area contributed by atoms with E-state index in [0.29, 0.717) is 22.7 Å². The highest BCUT2D eigenvalue weighted by molar-refractivity contribution is 7.89. The second kappa shape index (κ2) is 8.10. The van der Waals surface area contributed by atoms with E-state index in [2.05, 4.69) is 15.6 Å². The highest BCUT2D eigenvalue weighted by Gasteiger charge is 2.39. The summed E-state index contributed by atoms with van der Waals surface area (Å²) in [6, 6.07) is 7.97. The number of pyridine rings is 1.